The van der Waals surface area contributed by atoms with E-state index in [1.165, 1.54) is 0 Å². The molecule has 0 aromatic heterocycles. The normalized spacial score (nSPS) is 14.7. The number of urea groups is 1. The maximum absolute atomic E-state index is 11.7. The molecule has 2 amide bonds. The zero-order valence-corrected chi connectivity index (χ0v) is 12.7. The maximum Gasteiger partial charge on any atom is 0.315 e. The first-order valence-electron chi connectivity index (χ1n) is 6.07. The Balaban J connectivity index is 4.00. The molecule has 0 aromatic carbocycles. The summed E-state index contributed by atoms with van der Waals surface area (Å²) in [5, 5.41) is 5.36. The second kappa shape index (κ2) is 7.42. The average Bonchev–Trinajstić information content (AvgIpc) is 2.23. The van der Waals surface area contributed by atoms with Crippen LogP contribution < -0.4 is 10.6 Å². The first-order valence-corrected chi connectivity index (χ1v) is 7.39. The van der Waals surface area contributed by atoms with Crippen molar-refractivity contribution in [3.8, 4) is 12.3 Å². The van der Waals surface area contributed by atoms with Gasteiger partial charge in [0.25, 0.3) is 0 Å². The second-order valence-electron chi connectivity index (χ2n) is 5.45. The second-order valence-corrected chi connectivity index (χ2v) is 7.77. The molecule has 5 heteroatoms. The summed E-state index contributed by atoms with van der Waals surface area (Å²) in [6, 6.07) is -0.587. The lowest BCUT2D eigenvalue weighted by atomic mass is 10.1. The van der Waals surface area contributed by atoms with Crippen molar-refractivity contribution in [3.05, 3.63) is 0 Å². The Bertz CT molecular complexity index is 340. The number of carbonyl (C=O) groups excluding carboxylic acids is 1. The summed E-state index contributed by atoms with van der Waals surface area (Å²) in [6.45, 7) is 10.0. The minimum Gasteiger partial charge on any atom is -0.337 e. The Morgan fingerprint density at radius 2 is 1.94 bits per heavy atom. The van der Waals surface area contributed by atoms with Gasteiger partial charge in [0.15, 0.2) is 0 Å². The molecular weight excluding hydrogens is 248 g/mol. The van der Waals surface area contributed by atoms with E-state index in [1.807, 2.05) is 34.6 Å². The van der Waals surface area contributed by atoms with Crippen molar-refractivity contribution in [1.29, 1.82) is 0 Å². The summed E-state index contributed by atoms with van der Waals surface area (Å²) in [6.07, 6.45) is 5.31. The van der Waals surface area contributed by atoms with Gasteiger partial charge in [-0.15, -0.1) is 6.42 Å². The third-order valence-corrected chi connectivity index (χ3v) is 4.33. The minimum atomic E-state index is -0.960. The minimum absolute atomic E-state index is 0.185. The summed E-state index contributed by atoms with van der Waals surface area (Å²) in [5.41, 5.74) is 0. The lowest BCUT2D eigenvalue weighted by Gasteiger charge is -2.19. The fourth-order valence-corrected chi connectivity index (χ4v) is 2.06. The van der Waals surface area contributed by atoms with Gasteiger partial charge < -0.3 is 10.6 Å². The summed E-state index contributed by atoms with van der Waals surface area (Å²) in [5.74, 6) is 3.15. The van der Waals surface area contributed by atoms with Crippen LogP contribution in [-0.2, 0) is 10.8 Å². The Hall–Kier alpha value is -1.02. The molecule has 0 unspecified atom stereocenters. The smallest absolute Gasteiger partial charge is 0.315 e. The third-order valence-electron chi connectivity index (χ3n) is 2.39. The van der Waals surface area contributed by atoms with Gasteiger partial charge in [-0.3, -0.25) is 4.21 Å². The van der Waals surface area contributed by atoms with Gasteiger partial charge in [0, 0.05) is 27.8 Å². The predicted octanol–water partition coefficient (Wildman–Crippen LogP) is 1.49. The Morgan fingerprint density at radius 3 is 2.33 bits per heavy atom. The molecule has 2 N–H and O–H groups in total. The van der Waals surface area contributed by atoms with Crippen LogP contribution in [0, 0.1) is 18.3 Å². The van der Waals surface area contributed by atoms with Crippen LogP contribution in [0.15, 0.2) is 0 Å². The molecule has 0 spiro atoms. The topological polar surface area (TPSA) is 58.2 Å². The Kier molecular flexibility index (Phi) is 7.00. The quantitative estimate of drug-likeness (QED) is 0.745. The van der Waals surface area contributed by atoms with Gasteiger partial charge in [-0.05, 0) is 26.7 Å². The fourth-order valence-electron chi connectivity index (χ4n) is 1.16. The van der Waals surface area contributed by atoms with Gasteiger partial charge in [0.05, 0.1) is 6.04 Å². The number of nitrogens with one attached hydrogen (secondary N) is 2. The average molecular weight is 272 g/mol. The van der Waals surface area contributed by atoms with Crippen LogP contribution in [0.3, 0.4) is 0 Å². The molecule has 0 bridgehead atoms. The first-order chi connectivity index (χ1) is 8.18. The van der Waals surface area contributed by atoms with E-state index >= 15 is 0 Å². The first kappa shape index (κ1) is 17.0. The van der Waals surface area contributed by atoms with E-state index in [2.05, 4.69) is 16.6 Å². The van der Waals surface area contributed by atoms with E-state index in [0.717, 1.165) is 0 Å². The van der Waals surface area contributed by atoms with Gasteiger partial charge in [-0.2, -0.15) is 0 Å². The molecular formula is C13H24N2O2S. The van der Waals surface area contributed by atoms with Gasteiger partial charge in [-0.1, -0.05) is 19.8 Å². The molecule has 0 aliphatic heterocycles. The monoisotopic (exact) mass is 272 g/mol. The molecule has 18 heavy (non-hydrogen) atoms. The Morgan fingerprint density at radius 1 is 1.39 bits per heavy atom. The third kappa shape index (κ3) is 6.65. The lowest BCUT2D eigenvalue weighted by Crippen LogP contribution is -2.45. The highest BCUT2D eigenvalue weighted by Gasteiger charge is 2.19. The number of rotatable bonds is 5. The van der Waals surface area contributed by atoms with Crippen LogP contribution >= 0.6 is 0 Å². The van der Waals surface area contributed by atoms with Crippen LogP contribution in [0.5, 0.6) is 0 Å². The Labute approximate surface area is 113 Å². The van der Waals surface area contributed by atoms with Gasteiger partial charge >= 0.3 is 6.03 Å². The summed E-state index contributed by atoms with van der Waals surface area (Å²) >= 11 is 0. The molecule has 0 saturated heterocycles. The molecule has 0 aliphatic rings. The van der Waals surface area contributed by atoms with Crippen molar-refractivity contribution >= 4 is 16.8 Å². The van der Waals surface area contributed by atoms with Crippen molar-refractivity contribution < 1.29 is 9.00 Å². The zero-order chi connectivity index (χ0) is 14.3. The van der Waals surface area contributed by atoms with Crippen LogP contribution in [0.2, 0.25) is 0 Å². The van der Waals surface area contributed by atoms with Crippen molar-refractivity contribution in [2.75, 3.05) is 12.3 Å². The largest absolute Gasteiger partial charge is 0.337 e. The van der Waals surface area contributed by atoms with E-state index in [1.54, 1.807) is 0 Å². The van der Waals surface area contributed by atoms with Crippen molar-refractivity contribution in [3.63, 3.8) is 0 Å². The number of amides is 2. The molecule has 4 nitrogen and oxygen atoms in total. The van der Waals surface area contributed by atoms with E-state index in [4.69, 9.17) is 6.42 Å². The molecule has 0 aliphatic carbocycles. The summed E-state index contributed by atoms with van der Waals surface area (Å²) in [4.78, 5) is 11.5. The summed E-state index contributed by atoms with van der Waals surface area (Å²) < 4.78 is 11.5. The molecule has 0 radical (unpaired) electrons. The van der Waals surface area contributed by atoms with Crippen molar-refractivity contribution in [1.82, 2.24) is 10.6 Å². The lowest BCUT2D eigenvalue weighted by molar-refractivity contribution is 0.237. The number of terminal acetylenes is 1. The SMILES string of the molecule is C#C[C@@H](NC(=O)NCC[S@](=O)C(C)(C)C)C(C)C. The highest BCUT2D eigenvalue weighted by Crippen LogP contribution is 2.10. The van der Waals surface area contributed by atoms with E-state index < -0.39 is 10.8 Å². The fraction of sp³-hybridized carbons (Fsp3) is 0.769. The van der Waals surface area contributed by atoms with Gasteiger partial charge in [-0.25, -0.2) is 4.79 Å². The number of carbonyl (C=O) groups is 1. The van der Waals surface area contributed by atoms with Crippen molar-refractivity contribution in [2.24, 2.45) is 5.92 Å². The summed E-state index contributed by atoms with van der Waals surface area (Å²) in [7, 11) is -0.960. The molecule has 0 aromatic rings. The van der Waals surface area contributed by atoms with E-state index in [0.29, 0.717) is 12.3 Å². The van der Waals surface area contributed by atoms with E-state index in [9.17, 15) is 9.00 Å². The van der Waals surface area contributed by atoms with E-state index in [-0.39, 0.29) is 22.7 Å². The van der Waals surface area contributed by atoms with Crippen LogP contribution in [0.4, 0.5) is 4.79 Å². The molecule has 2 atom stereocenters. The van der Waals surface area contributed by atoms with Crippen LogP contribution in [0.1, 0.15) is 34.6 Å². The molecule has 0 fully saturated rings. The molecule has 0 saturated carbocycles. The van der Waals surface area contributed by atoms with Crippen LogP contribution in [0.25, 0.3) is 0 Å². The van der Waals surface area contributed by atoms with Gasteiger partial charge in [0.2, 0.25) is 0 Å². The highest BCUT2D eigenvalue weighted by atomic mass is 32.2. The molecule has 0 rings (SSSR count). The molecule has 0 heterocycles. The highest BCUT2D eigenvalue weighted by molar-refractivity contribution is 7.86. The van der Waals surface area contributed by atoms with Gasteiger partial charge in [0.1, 0.15) is 0 Å². The number of hydrogen-bond donors (Lipinski definition) is 2. The number of hydrogen-bond acceptors (Lipinski definition) is 2. The zero-order valence-electron chi connectivity index (χ0n) is 11.9. The predicted molar refractivity (Wildman–Crippen MR) is 76.8 cm³/mol. The standard InChI is InChI=1S/C13H24N2O2S/c1-7-11(10(2)3)15-12(16)14-8-9-18(17)13(4,5)6/h1,10-11H,8-9H2,2-6H3,(H2,14,15,16)/t11-,18+/m1/s1. The van der Waals surface area contributed by atoms with Crippen molar-refractivity contribution in [2.45, 2.75) is 45.4 Å². The van der Waals surface area contributed by atoms with Crippen LogP contribution in [-0.4, -0.2) is 33.3 Å². The maximum atomic E-state index is 11.7. The molecule has 104 valence electrons.